The molecule has 0 aliphatic heterocycles. The van der Waals surface area contributed by atoms with Crippen LogP contribution in [0.15, 0.2) is 29.4 Å². The largest absolute Gasteiger partial charge is 0.340 e. The van der Waals surface area contributed by atoms with E-state index in [0.29, 0.717) is 0 Å². The maximum atomic E-state index is 11.1. The molecule has 2 amide bonds. The van der Waals surface area contributed by atoms with E-state index in [2.05, 4.69) is 10.3 Å². The van der Waals surface area contributed by atoms with Crippen LogP contribution in [0, 0.1) is 0 Å². The van der Waals surface area contributed by atoms with Crippen molar-refractivity contribution >= 4 is 27.8 Å². The maximum absolute atomic E-state index is 11.1. The van der Waals surface area contributed by atoms with Gasteiger partial charge in [-0.05, 0) is 22.9 Å². The summed E-state index contributed by atoms with van der Waals surface area (Å²) in [6.45, 7) is 0. The molecule has 4 nitrogen and oxygen atoms in total. The van der Waals surface area contributed by atoms with Crippen molar-refractivity contribution in [2.24, 2.45) is 0 Å². The molecule has 0 radical (unpaired) electrons. The van der Waals surface area contributed by atoms with Gasteiger partial charge < -0.3 is 5.32 Å². The molecule has 0 bridgehead atoms. The molecule has 0 spiro atoms. The van der Waals surface area contributed by atoms with Crippen molar-refractivity contribution < 1.29 is 4.79 Å². The molecule has 0 unspecified atom stereocenters. The third kappa shape index (κ3) is 3.47. The van der Waals surface area contributed by atoms with Crippen LogP contribution in [0.3, 0.4) is 0 Å². The fourth-order valence-electron chi connectivity index (χ4n) is 0.682. The second-order valence-corrected chi connectivity index (χ2v) is 4.61. The summed E-state index contributed by atoms with van der Waals surface area (Å²) in [5.41, 5.74) is 0. The van der Waals surface area contributed by atoms with Crippen molar-refractivity contribution in [2.75, 3.05) is 14.1 Å². The first-order valence-corrected chi connectivity index (χ1v) is 6.06. The Morgan fingerprint density at radius 3 is 2.93 bits per heavy atom. The van der Waals surface area contributed by atoms with Gasteiger partial charge in [0.1, 0.15) is 5.03 Å². The molecule has 0 fully saturated rings. The lowest BCUT2D eigenvalue weighted by Gasteiger charge is -2.12. The SMILES string of the molecule is CNC(=O)N(C)SSc1ccccn1. The minimum absolute atomic E-state index is 0.126. The Morgan fingerprint density at radius 2 is 2.36 bits per heavy atom. The molecular weight excluding hydrogens is 218 g/mol. The molecule has 0 saturated carbocycles. The standard InChI is InChI=1S/C8H11N3OS2/c1-9-8(12)11(2)14-13-7-5-3-4-6-10-7/h3-6H,1-2H3,(H,9,12). The van der Waals surface area contributed by atoms with Gasteiger partial charge in [0.05, 0.1) is 0 Å². The van der Waals surface area contributed by atoms with Gasteiger partial charge in [-0.25, -0.2) is 9.78 Å². The van der Waals surface area contributed by atoms with Crippen molar-refractivity contribution in [1.82, 2.24) is 14.6 Å². The van der Waals surface area contributed by atoms with Crippen LogP contribution >= 0.6 is 21.8 Å². The Kier molecular flexibility index (Phi) is 4.61. The number of carbonyl (C=O) groups excluding carboxylic acids is 1. The van der Waals surface area contributed by atoms with Crippen LogP contribution in [0.2, 0.25) is 0 Å². The second-order valence-electron chi connectivity index (χ2n) is 2.38. The predicted molar refractivity (Wildman–Crippen MR) is 59.9 cm³/mol. The van der Waals surface area contributed by atoms with E-state index >= 15 is 0 Å². The fourth-order valence-corrected chi connectivity index (χ4v) is 2.33. The minimum Gasteiger partial charge on any atom is -0.340 e. The number of nitrogens with one attached hydrogen (secondary N) is 1. The first kappa shape index (κ1) is 11.2. The van der Waals surface area contributed by atoms with Crippen LogP contribution in [0.5, 0.6) is 0 Å². The lowest BCUT2D eigenvalue weighted by Crippen LogP contribution is -2.29. The highest BCUT2D eigenvalue weighted by Gasteiger charge is 2.07. The number of urea groups is 1. The molecule has 0 aliphatic carbocycles. The minimum atomic E-state index is -0.126. The quantitative estimate of drug-likeness (QED) is 0.636. The van der Waals surface area contributed by atoms with Gasteiger partial charge in [0, 0.05) is 31.3 Å². The molecule has 76 valence electrons. The monoisotopic (exact) mass is 229 g/mol. The molecule has 1 N–H and O–H groups in total. The lowest BCUT2D eigenvalue weighted by atomic mass is 10.5. The van der Waals surface area contributed by atoms with Gasteiger partial charge in [0.25, 0.3) is 0 Å². The average molecular weight is 229 g/mol. The van der Waals surface area contributed by atoms with E-state index in [-0.39, 0.29) is 6.03 Å². The summed E-state index contributed by atoms with van der Waals surface area (Å²) in [5.74, 6) is 0. The second kappa shape index (κ2) is 5.77. The van der Waals surface area contributed by atoms with Crippen molar-refractivity contribution in [3.8, 4) is 0 Å². The van der Waals surface area contributed by atoms with E-state index in [0.717, 1.165) is 5.03 Å². The van der Waals surface area contributed by atoms with Crippen LogP contribution < -0.4 is 5.32 Å². The average Bonchev–Trinajstić information content (AvgIpc) is 2.26. The Hall–Kier alpha value is -0.880. The van der Waals surface area contributed by atoms with E-state index in [4.69, 9.17) is 0 Å². The third-order valence-corrected chi connectivity index (χ3v) is 3.66. The molecule has 0 aliphatic rings. The Labute approximate surface area is 91.0 Å². The molecule has 6 heteroatoms. The predicted octanol–water partition coefficient (Wildman–Crippen LogP) is 2.01. The number of hydrogen-bond donors (Lipinski definition) is 1. The number of pyridine rings is 1. The van der Waals surface area contributed by atoms with Crippen LogP contribution in [0.25, 0.3) is 0 Å². The fraction of sp³-hybridized carbons (Fsp3) is 0.250. The van der Waals surface area contributed by atoms with E-state index in [9.17, 15) is 4.79 Å². The van der Waals surface area contributed by atoms with E-state index < -0.39 is 0 Å². The number of amides is 2. The zero-order chi connectivity index (χ0) is 10.4. The molecule has 14 heavy (non-hydrogen) atoms. The molecule has 0 atom stereocenters. The molecule has 1 heterocycles. The number of nitrogens with zero attached hydrogens (tertiary/aromatic N) is 2. The van der Waals surface area contributed by atoms with Crippen molar-refractivity contribution in [2.45, 2.75) is 5.03 Å². The zero-order valence-electron chi connectivity index (χ0n) is 7.93. The van der Waals surface area contributed by atoms with Crippen molar-refractivity contribution in [1.29, 1.82) is 0 Å². The van der Waals surface area contributed by atoms with Gasteiger partial charge in [-0.3, -0.25) is 4.31 Å². The number of rotatable bonds is 3. The van der Waals surface area contributed by atoms with Crippen molar-refractivity contribution in [3.05, 3.63) is 24.4 Å². The summed E-state index contributed by atoms with van der Waals surface area (Å²) in [6.07, 6.45) is 1.72. The summed E-state index contributed by atoms with van der Waals surface area (Å²) >= 11 is 0. The van der Waals surface area contributed by atoms with Gasteiger partial charge in [-0.2, -0.15) is 0 Å². The summed E-state index contributed by atoms with van der Waals surface area (Å²) in [4.78, 5) is 15.2. The van der Waals surface area contributed by atoms with Crippen LogP contribution in [0.4, 0.5) is 4.79 Å². The van der Waals surface area contributed by atoms with Crippen LogP contribution in [-0.2, 0) is 0 Å². The summed E-state index contributed by atoms with van der Waals surface area (Å²) in [5, 5.41) is 3.42. The van der Waals surface area contributed by atoms with Crippen molar-refractivity contribution in [3.63, 3.8) is 0 Å². The van der Waals surface area contributed by atoms with E-state index in [1.807, 2.05) is 18.2 Å². The van der Waals surface area contributed by atoms with Gasteiger partial charge >= 0.3 is 6.03 Å². The highest BCUT2D eigenvalue weighted by molar-refractivity contribution is 8.75. The number of carbonyl (C=O) groups is 1. The smallest absolute Gasteiger partial charge is 0.327 e. The number of hydrogen-bond acceptors (Lipinski definition) is 4. The van der Waals surface area contributed by atoms with Gasteiger partial charge in [0.15, 0.2) is 0 Å². The molecular formula is C8H11N3OS2. The Balaban J connectivity index is 2.38. The highest BCUT2D eigenvalue weighted by atomic mass is 33.1. The summed E-state index contributed by atoms with van der Waals surface area (Å²) in [7, 11) is 6.09. The van der Waals surface area contributed by atoms with Gasteiger partial charge in [-0.1, -0.05) is 6.07 Å². The first-order chi connectivity index (χ1) is 6.74. The van der Waals surface area contributed by atoms with Gasteiger partial charge in [0.2, 0.25) is 0 Å². The maximum Gasteiger partial charge on any atom is 0.327 e. The molecule has 1 rings (SSSR count). The Bertz CT molecular complexity index is 294. The normalized spacial score (nSPS) is 9.57. The van der Waals surface area contributed by atoms with Crippen LogP contribution in [-0.4, -0.2) is 29.4 Å². The summed E-state index contributed by atoms with van der Waals surface area (Å²) in [6, 6.07) is 5.54. The zero-order valence-corrected chi connectivity index (χ0v) is 9.56. The van der Waals surface area contributed by atoms with Gasteiger partial charge in [-0.15, -0.1) is 0 Å². The molecule has 0 saturated heterocycles. The molecule has 1 aromatic heterocycles. The first-order valence-electron chi connectivity index (χ1n) is 3.95. The summed E-state index contributed by atoms with van der Waals surface area (Å²) < 4.78 is 1.51. The topological polar surface area (TPSA) is 45.2 Å². The highest BCUT2D eigenvalue weighted by Crippen LogP contribution is 2.30. The van der Waals surface area contributed by atoms with E-state index in [1.165, 1.54) is 26.1 Å². The van der Waals surface area contributed by atoms with E-state index in [1.54, 1.807) is 20.3 Å². The Morgan fingerprint density at radius 1 is 1.57 bits per heavy atom. The third-order valence-electron chi connectivity index (χ3n) is 1.37. The molecule has 1 aromatic rings. The number of aromatic nitrogens is 1. The molecule has 0 aromatic carbocycles. The lowest BCUT2D eigenvalue weighted by molar-refractivity contribution is 0.233. The van der Waals surface area contributed by atoms with Crippen LogP contribution in [0.1, 0.15) is 0 Å².